The van der Waals surface area contributed by atoms with Gasteiger partial charge in [0.25, 0.3) is 5.69 Å². The SMILES string of the molecule is COC(=O)C(C(=O)OC)c1ccc(N)cc1[N+](=O)[O-]. The van der Waals surface area contributed by atoms with Crippen LogP contribution in [0.3, 0.4) is 0 Å². The van der Waals surface area contributed by atoms with Crippen molar-refractivity contribution in [3.8, 4) is 0 Å². The van der Waals surface area contributed by atoms with E-state index >= 15 is 0 Å². The first-order chi connectivity index (χ1) is 8.92. The van der Waals surface area contributed by atoms with E-state index in [1.165, 1.54) is 12.1 Å². The smallest absolute Gasteiger partial charge is 0.324 e. The first-order valence-electron chi connectivity index (χ1n) is 5.11. The third kappa shape index (κ3) is 2.97. The highest BCUT2D eigenvalue weighted by Crippen LogP contribution is 2.30. The van der Waals surface area contributed by atoms with Gasteiger partial charge in [-0.15, -0.1) is 0 Å². The molecule has 0 aliphatic carbocycles. The van der Waals surface area contributed by atoms with Gasteiger partial charge in [0.05, 0.1) is 24.7 Å². The summed E-state index contributed by atoms with van der Waals surface area (Å²) in [6, 6.07) is 3.64. The molecule has 0 aliphatic heterocycles. The summed E-state index contributed by atoms with van der Waals surface area (Å²) in [5.41, 5.74) is 5.02. The van der Waals surface area contributed by atoms with Crippen molar-refractivity contribution in [3.05, 3.63) is 33.9 Å². The molecule has 8 heteroatoms. The number of carbonyl (C=O) groups excluding carboxylic acids is 2. The van der Waals surface area contributed by atoms with Gasteiger partial charge in [0, 0.05) is 11.8 Å². The van der Waals surface area contributed by atoms with Crippen molar-refractivity contribution in [1.29, 1.82) is 0 Å². The molecule has 0 bridgehead atoms. The minimum absolute atomic E-state index is 0.127. The van der Waals surface area contributed by atoms with E-state index in [1.807, 2.05) is 0 Å². The molecule has 19 heavy (non-hydrogen) atoms. The Labute approximate surface area is 108 Å². The molecule has 2 N–H and O–H groups in total. The molecule has 102 valence electrons. The van der Waals surface area contributed by atoms with E-state index < -0.39 is 28.5 Å². The van der Waals surface area contributed by atoms with E-state index in [1.54, 1.807) is 0 Å². The molecule has 8 nitrogen and oxygen atoms in total. The Hall–Kier alpha value is -2.64. The number of nitrogen functional groups attached to an aromatic ring is 1. The second-order valence-electron chi connectivity index (χ2n) is 3.55. The highest BCUT2D eigenvalue weighted by atomic mass is 16.6. The Kier molecular flexibility index (Phi) is 4.41. The number of hydrogen-bond acceptors (Lipinski definition) is 7. The molecular weight excluding hydrogens is 256 g/mol. The lowest BCUT2D eigenvalue weighted by Crippen LogP contribution is -2.25. The number of ether oxygens (including phenoxy) is 2. The molecule has 0 saturated carbocycles. The molecule has 1 aromatic carbocycles. The third-order valence-electron chi connectivity index (χ3n) is 2.44. The van der Waals surface area contributed by atoms with Gasteiger partial charge in [-0.2, -0.15) is 0 Å². The van der Waals surface area contributed by atoms with Crippen molar-refractivity contribution in [2.24, 2.45) is 0 Å². The quantitative estimate of drug-likeness (QED) is 0.279. The summed E-state index contributed by atoms with van der Waals surface area (Å²) >= 11 is 0. The highest BCUT2D eigenvalue weighted by molar-refractivity contribution is 6.01. The summed E-state index contributed by atoms with van der Waals surface area (Å²) in [4.78, 5) is 33.4. The normalized spacial score (nSPS) is 10.1. The van der Waals surface area contributed by atoms with Gasteiger partial charge in [-0.1, -0.05) is 0 Å². The number of nitro groups is 1. The number of hydrogen-bond donors (Lipinski definition) is 1. The zero-order chi connectivity index (χ0) is 14.6. The summed E-state index contributed by atoms with van der Waals surface area (Å²) < 4.78 is 8.92. The minimum atomic E-state index is -1.52. The van der Waals surface area contributed by atoms with Gasteiger partial charge in [0.2, 0.25) is 0 Å². The maximum Gasteiger partial charge on any atom is 0.324 e. The van der Waals surface area contributed by atoms with E-state index in [9.17, 15) is 19.7 Å². The van der Waals surface area contributed by atoms with Gasteiger partial charge in [-0.3, -0.25) is 19.7 Å². The number of carbonyl (C=O) groups is 2. The number of esters is 2. The molecule has 0 unspecified atom stereocenters. The van der Waals surface area contributed by atoms with Gasteiger partial charge < -0.3 is 15.2 Å². The number of nitrogens with two attached hydrogens (primary N) is 1. The monoisotopic (exact) mass is 268 g/mol. The summed E-state index contributed by atoms with van der Waals surface area (Å²) in [5, 5.41) is 10.9. The number of nitrogens with zero attached hydrogens (tertiary/aromatic N) is 1. The lowest BCUT2D eigenvalue weighted by atomic mass is 9.97. The molecule has 0 atom stereocenters. The Bertz CT molecular complexity index is 512. The van der Waals surface area contributed by atoms with Crippen LogP contribution in [0.1, 0.15) is 11.5 Å². The summed E-state index contributed by atoms with van der Waals surface area (Å²) in [7, 11) is 2.14. The standard InChI is InChI=1S/C11H12N2O6/c1-18-10(14)9(11(15)19-2)7-4-3-6(12)5-8(7)13(16)17/h3-5,9H,12H2,1-2H3. The van der Waals surface area contributed by atoms with Crippen molar-refractivity contribution < 1.29 is 24.0 Å². The van der Waals surface area contributed by atoms with Crippen molar-refractivity contribution in [3.63, 3.8) is 0 Å². The third-order valence-corrected chi connectivity index (χ3v) is 2.44. The van der Waals surface area contributed by atoms with E-state index in [0.29, 0.717) is 0 Å². The molecular formula is C11H12N2O6. The predicted molar refractivity (Wildman–Crippen MR) is 64.3 cm³/mol. The average Bonchev–Trinajstić information content (AvgIpc) is 2.39. The second kappa shape index (κ2) is 5.80. The molecule has 0 amide bonds. The van der Waals surface area contributed by atoms with Crippen LogP contribution in [-0.4, -0.2) is 31.1 Å². The predicted octanol–water partition coefficient (Wildman–Crippen LogP) is 0.607. The van der Waals surface area contributed by atoms with Crippen LogP contribution in [0.4, 0.5) is 11.4 Å². The van der Waals surface area contributed by atoms with E-state index in [4.69, 9.17) is 5.73 Å². The zero-order valence-electron chi connectivity index (χ0n) is 10.3. The molecule has 0 aliphatic rings. The Morgan fingerprint density at radius 1 is 1.26 bits per heavy atom. The van der Waals surface area contributed by atoms with Crippen LogP contribution in [0.25, 0.3) is 0 Å². The highest BCUT2D eigenvalue weighted by Gasteiger charge is 2.36. The van der Waals surface area contributed by atoms with Crippen LogP contribution in [0, 0.1) is 10.1 Å². The fourth-order valence-electron chi connectivity index (χ4n) is 1.55. The molecule has 1 rings (SSSR count). The molecule has 0 radical (unpaired) electrons. The number of methoxy groups -OCH3 is 2. The minimum Gasteiger partial charge on any atom is -0.468 e. The first kappa shape index (κ1) is 14.4. The Morgan fingerprint density at radius 2 is 1.79 bits per heavy atom. The zero-order valence-corrected chi connectivity index (χ0v) is 10.3. The van der Waals surface area contributed by atoms with Crippen molar-refractivity contribution in [2.45, 2.75) is 5.92 Å². The van der Waals surface area contributed by atoms with E-state index in [2.05, 4.69) is 9.47 Å². The molecule has 0 heterocycles. The largest absolute Gasteiger partial charge is 0.468 e. The van der Waals surface area contributed by atoms with Crippen molar-refractivity contribution in [2.75, 3.05) is 20.0 Å². The topological polar surface area (TPSA) is 122 Å². The van der Waals surface area contributed by atoms with Crippen LogP contribution < -0.4 is 5.73 Å². The number of nitro benzene ring substituents is 1. The van der Waals surface area contributed by atoms with E-state index in [-0.39, 0.29) is 11.3 Å². The lowest BCUT2D eigenvalue weighted by Gasteiger charge is -2.13. The summed E-state index contributed by atoms with van der Waals surface area (Å²) in [6.45, 7) is 0. The van der Waals surface area contributed by atoms with Crippen LogP contribution in [0.15, 0.2) is 18.2 Å². The maximum absolute atomic E-state index is 11.6. The molecule has 1 aromatic rings. The second-order valence-corrected chi connectivity index (χ2v) is 3.55. The van der Waals surface area contributed by atoms with Gasteiger partial charge in [-0.25, -0.2) is 0 Å². The van der Waals surface area contributed by atoms with Crippen LogP contribution in [0.2, 0.25) is 0 Å². The van der Waals surface area contributed by atoms with Gasteiger partial charge in [0.15, 0.2) is 5.92 Å². The Morgan fingerprint density at radius 3 is 2.21 bits per heavy atom. The van der Waals surface area contributed by atoms with Crippen molar-refractivity contribution in [1.82, 2.24) is 0 Å². The van der Waals surface area contributed by atoms with Crippen LogP contribution in [-0.2, 0) is 19.1 Å². The number of benzene rings is 1. The fourth-order valence-corrected chi connectivity index (χ4v) is 1.55. The molecule has 0 saturated heterocycles. The average molecular weight is 268 g/mol. The Balaban J connectivity index is 3.41. The van der Waals surface area contributed by atoms with Crippen LogP contribution >= 0.6 is 0 Å². The first-order valence-corrected chi connectivity index (χ1v) is 5.11. The molecule has 0 spiro atoms. The molecule has 0 fully saturated rings. The molecule has 0 aromatic heterocycles. The van der Waals surface area contributed by atoms with Crippen LogP contribution in [0.5, 0.6) is 0 Å². The van der Waals surface area contributed by atoms with E-state index in [0.717, 1.165) is 20.3 Å². The van der Waals surface area contributed by atoms with Crippen molar-refractivity contribution >= 4 is 23.3 Å². The fraction of sp³-hybridized carbons (Fsp3) is 0.273. The van der Waals surface area contributed by atoms with Gasteiger partial charge >= 0.3 is 11.9 Å². The van der Waals surface area contributed by atoms with Gasteiger partial charge in [0.1, 0.15) is 0 Å². The number of rotatable bonds is 4. The summed E-state index contributed by atoms with van der Waals surface area (Å²) in [5.74, 6) is -3.41. The summed E-state index contributed by atoms with van der Waals surface area (Å²) in [6.07, 6.45) is 0. The maximum atomic E-state index is 11.6. The number of anilines is 1. The van der Waals surface area contributed by atoms with Gasteiger partial charge in [-0.05, 0) is 12.1 Å². The lowest BCUT2D eigenvalue weighted by molar-refractivity contribution is -0.385.